The Kier molecular flexibility index (Phi) is 4.18. The van der Waals surface area contributed by atoms with Gasteiger partial charge in [-0.15, -0.1) is 0 Å². The monoisotopic (exact) mass is 253 g/mol. The Morgan fingerprint density at radius 1 is 1.29 bits per heavy atom. The van der Waals surface area contributed by atoms with Gasteiger partial charge in [0.05, 0.1) is 14.2 Å². The molecule has 0 aliphatic carbocycles. The van der Waals surface area contributed by atoms with E-state index in [1.165, 1.54) is 12.2 Å². The second kappa shape index (κ2) is 5.65. The van der Waals surface area contributed by atoms with Crippen molar-refractivity contribution in [1.82, 2.24) is 0 Å². The van der Waals surface area contributed by atoms with E-state index in [4.69, 9.17) is 15.2 Å². The summed E-state index contributed by atoms with van der Waals surface area (Å²) in [5, 5.41) is 0. The zero-order valence-electron chi connectivity index (χ0n) is 10.3. The molecule has 2 atom stereocenters. The van der Waals surface area contributed by atoms with Gasteiger partial charge in [0.1, 0.15) is 0 Å². The zero-order chi connectivity index (χ0) is 12.3. The lowest BCUT2D eigenvalue weighted by atomic mass is 9.93. The Balaban J connectivity index is 2.20. The van der Waals surface area contributed by atoms with Gasteiger partial charge < -0.3 is 15.2 Å². The number of hydrogen-bond donors (Lipinski definition) is 1. The van der Waals surface area contributed by atoms with E-state index >= 15 is 0 Å². The predicted molar refractivity (Wildman–Crippen MR) is 71.9 cm³/mol. The number of hydrogen-bond acceptors (Lipinski definition) is 4. The van der Waals surface area contributed by atoms with E-state index in [-0.39, 0.29) is 6.04 Å². The van der Waals surface area contributed by atoms with Gasteiger partial charge in [-0.25, -0.2) is 0 Å². The van der Waals surface area contributed by atoms with E-state index in [0.29, 0.717) is 5.92 Å². The third-order valence-corrected chi connectivity index (χ3v) is 4.45. The molecule has 1 aromatic carbocycles. The maximum absolute atomic E-state index is 6.31. The number of ether oxygens (including phenoxy) is 2. The van der Waals surface area contributed by atoms with Crippen LogP contribution in [0, 0.1) is 5.92 Å². The molecule has 17 heavy (non-hydrogen) atoms. The van der Waals surface area contributed by atoms with Crippen LogP contribution < -0.4 is 15.2 Å². The Bertz CT molecular complexity index is 378. The number of benzene rings is 1. The molecule has 0 aromatic heterocycles. The summed E-state index contributed by atoms with van der Waals surface area (Å²) in [5.41, 5.74) is 7.44. The standard InChI is InChI=1S/C13H19NO2S/c1-15-11-4-3-9(7-12(11)16-2)13(14)10-5-6-17-8-10/h3-4,7,10,13H,5-6,8,14H2,1-2H3. The molecule has 3 nitrogen and oxygen atoms in total. The quantitative estimate of drug-likeness (QED) is 0.895. The minimum atomic E-state index is 0.102. The first-order valence-electron chi connectivity index (χ1n) is 5.81. The van der Waals surface area contributed by atoms with Crippen molar-refractivity contribution in [2.75, 3.05) is 25.7 Å². The van der Waals surface area contributed by atoms with Gasteiger partial charge >= 0.3 is 0 Å². The van der Waals surface area contributed by atoms with Crippen molar-refractivity contribution in [2.24, 2.45) is 11.7 Å². The number of methoxy groups -OCH3 is 2. The number of thioether (sulfide) groups is 1. The number of rotatable bonds is 4. The Morgan fingerprint density at radius 3 is 2.65 bits per heavy atom. The summed E-state index contributed by atoms with van der Waals surface area (Å²) in [7, 11) is 3.30. The summed E-state index contributed by atoms with van der Waals surface area (Å²) >= 11 is 1.99. The summed E-state index contributed by atoms with van der Waals surface area (Å²) in [6.07, 6.45) is 1.21. The lowest BCUT2D eigenvalue weighted by Gasteiger charge is -2.20. The highest BCUT2D eigenvalue weighted by Gasteiger charge is 2.24. The average Bonchev–Trinajstić information content (AvgIpc) is 2.90. The van der Waals surface area contributed by atoms with Crippen LogP contribution in [0.1, 0.15) is 18.0 Å². The van der Waals surface area contributed by atoms with Gasteiger partial charge in [-0.1, -0.05) is 6.07 Å². The maximum atomic E-state index is 6.31. The van der Waals surface area contributed by atoms with Crippen molar-refractivity contribution in [3.8, 4) is 11.5 Å². The highest BCUT2D eigenvalue weighted by atomic mass is 32.2. The van der Waals surface area contributed by atoms with Crippen LogP contribution in [-0.2, 0) is 0 Å². The van der Waals surface area contributed by atoms with Crippen LogP contribution in [0.25, 0.3) is 0 Å². The Hall–Kier alpha value is -0.870. The minimum absolute atomic E-state index is 0.102. The fourth-order valence-corrected chi connectivity index (χ4v) is 3.48. The van der Waals surface area contributed by atoms with Gasteiger partial charge in [0.25, 0.3) is 0 Å². The molecular formula is C13H19NO2S. The molecule has 0 amide bonds. The summed E-state index contributed by atoms with van der Waals surface area (Å²) in [5.74, 6) is 4.48. The molecular weight excluding hydrogens is 234 g/mol. The van der Waals surface area contributed by atoms with Crippen LogP contribution in [0.4, 0.5) is 0 Å². The molecule has 1 heterocycles. The molecule has 2 N–H and O–H groups in total. The van der Waals surface area contributed by atoms with E-state index in [9.17, 15) is 0 Å². The molecule has 1 aliphatic heterocycles. The van der Waals surface area contributed by atoms with Gasteiger partial charge in [0.2, 0.25) is 0 Å². The normalized spacial score (nSPS) is 21.2. The molecule has 94 valence electrons. The molecule has 1 aliphatic rings. The zero-order valence-corrected chi connectivity index (χ0v) is 11.1. The third kappa shape index (κ3) is 2.69. The smallest absolute Gasteiger partial charge is 0.161 e. The molecule has 0 saturated carbocycles. The SMILES string of the molecule is COc1ccc(C(N)C2CCSC2)cc1OC. The summed E-state index contributed by atoms with van der Waals surface area (Å²) in [4.78, 5) is 0. The topological polar surface area (TPSA) is 44.5 Å². The van der Waals surface area contributed by atoms with Crippen LogP contribution in [0.15, 0.2) is 18.2 Å². The Morgan fingerprint density at radius 2 is 2.06 bits per heavy atom. The van der Waals surface area contributed by atoms with Crippen LogP contribution in [0.2, 0.25) is 0 Å². The van der Waals surface area contributed by atoms with E-state index in [1.54, 1.807) is 14.2 Å². The molecule has 2 rings (SSSR count). The van der Waals surface area contributed by atoms with Crippen LogP contribution >= 0.6 is 11.8 Å². The fraction of sp³-hybridized carbons (Fsp3) is 0.538. The second-order valence-corrected chi connectivity index (χ2v) is 5.41. The van der Waals surface area contributed by atoms with Crippen molar-refractivity contribution < 1.29 is 9.47 Å². The molecule has 1 fully saturated rings. The number of nitrogens with two attached hydrogens (primary N) is 1. The van der Waals surface area contributed by atoms with Crippen LogP contribution in [-0.4, -0.2) is 25.7 Å². The molecule has 1 aromatic rings. The van der Waals surface area contributed by atoms with Crippen LogP contribution in [0.3, 0.4) is 0 Å². The molecule has 0 spiro atoms. The Labute approximate surface area is 107 Å². The van der Waals surface area contributed by atoms with Gasteiger partial charge in [-0.05, 0) is 41.5 Å². The van der Waals surface area contributed by atoms with Gasteiger partial charge in [0, 0.05) is 6.04 Å². The highest BCUT2D eigenvalue weighted by molar-refractivity contribution is 7.99. The summed E-state index contributed by atoms with van der Waals surface area (Å²) in [6, 6.07) is 6.06. The maximum Gasteiger partial charge on any atom is 0.161 e. The van der Waals surface area contributed by atoms with Crippen molar-refractivity contribution in [1.29, 1.82) is 0 Å². The molecule has 0 bridgehead atoms. The second-order valence-electron chi connectivity index (χ2n) is 4.26. The van der Waals surface area contributed by atoms with Crippen LogP contribution in [0.5, 0.6) is 11.5 Å². The molecule has 4 heteroatoms. The van der Waals surface area contributed by atoms with E-state index in [2.05, 4.69) is 0 Å². The van der Waals surface area contributed by atoms with Gasteiger partial charge in [-0.3, -0.25) is 0 Å². The third-order valence-electron chi connectivity index (χ3n) is 3.27. The van der Waals surface area contributed by atoms with Gasteiger partial charge in [0.15, 0.2) is 11.5 Å². The van der Waals surface area contributed by atoms with Crippen molar-refractivity contribution >= 4 is 11.8 Å². The molecule has 1 saturated heterocycles. The lowest BCUT2D eigenvalue weighted by molar-refractivity contribution is 0.353. The first-order valence-corrected chi connectivity index (χ1v) is 6.97. The first kappa shape index (κ1) is 12.6. The lowest BCUT2D eigenvalue weighted by Crippen LogP contribution is -2.21. The van der Waals surface area contributed by atoms with E-state index in [1.807, 2.05) is 30.0 Å². The molecule has 2 unspecified atom stereocenters. The molecule has 0 radical (unpaired) electrons. The van der Waals surface area contributed by atoms with Gasteiger partial charge in [-0.2, -0.15) is 11.8 Å². The average molecular weight is 253 g/mol. The predicted octanol–water partition coefficient (Wildman–Crippen LogP) is 2.46. The minimum Gasteiger partial charge on any atom is -0.493 e. The highest BCUT2D eigenvalue weighted by Crippen LogP contribution is 2.36. The first-order chi connectivity index (χ1) is 8.26. The largest absolute Gasteiger partial charge is 0.493 e. The van der Waals surface area contributed by atoms with E-state index in [0.717, 1.165) is 22.8 Å². The van der Waals surface area contributed by atoms with Crippen molar-refractivity contribution in [3.05, 3.63) is 23.8 Å². The fourth-order valence-electron chi connectivity index (χ4n) is 2.17. The van der Waals surface area contributed by atoms with Crippen molar-refractivity contribution in [3.63, 3.8) is 0 Å². The van der Waals surface area contributed by atoms with Crippen molar-refractivity contribution in [2.45, 2.75) is 12.5 Å². The summed E-state index contributed by atoms with van der Waals surface area (Å²) < 4.78 is 10.5. The van der Waals surface area contributed by atoms with E-state index < -0.39 is 0 Å². The summed E-state index contributed by atoms with van der Waals surface area (Å²) in [6.45, 7) is 0.